The Bertz CT molecular complexity index is 1270. The standard InChI is InChI=1S/C26H20FN3O3S/c27-20-11-13-22(14-12-20)33-16-23-28-21(17-34-23)15-30-24(31)26(29-25(30)32,18-7-3-1-4-8-18)19-9-5-2-6-10-19/h1-14,17H,15-16H2,(H,29,32). The summed E-state index contributed by atoms with van der Waals surface area (Å²) in [6.45, 7) is 0.244. The van der Waals surface area contributed by atoms with E-state index in [2.05, 4.69) is 10.3 Å². The summed E-state index contributed by atoms with van der Waals surface area (Å²) in [5.74, 6) is -0.158. The number of urea groups is 1. The molecule has 1 N–H and O–H groups in total. The predicted molar refractivity (Wildman–Crippen MR) is 126 cm³/mol. The summed E-state index contributed by atoms with van der Waals surface area (Å²) >= 11 is 1.37. The van der Waals surface area contributed by atoms with Crippen LogP contribution in [0.2, 0.25) is 0 Å². The number of halogens is 1. The zero-order chi connectivity index (χ0) is 23.5. The molecule has 8 heteroatoms. The largest absolute Gasteiger partial charge is 0.486 e. The Labute approximate surface area is 199 Å². The normalized spacial score (nSPS) is 14.8. The maximum Gasteiger partial charge on any atom is 0.325 e. The van der Waals surface area contributed by atoms with E-state index in [4.69, 9.17) is 4.74 Å². The third-order valence-corrected chi connectivity index (χ3v) is 6.49. The molecule has 1 aliphatic heterocycles. The van der Waals surface area contributed by atoms with E-state index in [0.29, 0.717) is 27.6 Å². The molecule has 0 saturated carbocycles. The van der Waals surface area contributed by atoms with Crippen molar-refractivity contribution in [1.29, 1.82) is 0 Å². The van der Waals surface area contributed by atoms with Crippen molar-refractivity contribution >= 4 is 23.3 Å². The average molecular weight is 474 g/mol. The number of thiazole rings is 1. The fraction of sp³-hybridized carbons (Fsp3) is 0.115. The third kappa shape index (κ3) is 4.04. The van der Waals surface area contributed by atoms with Crippen molar-refractivity contribution in [3.05, 3.63) is 118 Å². The van der Waals surface area contributed by atoms with Gasteiger partial charge in [0, 0.05) is 5.38 Å². The Morgan fingerprint density at radius 2 is 1.53 bits per heavy atom. The number of carbonyl (C=O) groups is 2. The van der Waals surface area contributed by atoms with Crippen LogP contribution in [-0.4, -0.2) is 21.8 Å². The van der Waals surface area contributed by atoms with Gasteiger partial charge >= 0.3 is 6.03 Å². The molecule has 1 fully saturated rings. The van der Waals surface area contributed by atoms with Gasteiger partial charge in [-0.1, -0.05) is 60.7 Å². The van der Waals surface area contributed by atoms with E-state index >= 15 is 0 Å². The van der Waals surface area contributed by atoms with Crippen molar-refractivity contribution in [3.63, 3.8) is 0 Å². The van der Waals surface area contributed by atoms with Crippen LogP contribution in [0.25, 0.3) is 0 Å². The molecule has 170 valence electrons. The van der Waals surface area contributed by atoms with Crippen LogP contribution >= 0.6 is 11.3 Å². The molecule has 2 heterocycles. The number of carbonyl (C=O) groups excluding carboxylic acids is 2. The number of amides is 3. The number of hydrogen-bond acceptors (Lipinski definition) is 5. The first kappa shape index (κ1) is 21.8. The van der Waals surface area contributed by atoms with Gasteiger partial charge in [-0.15, -0.1) is 11.3 Å². The molecule has 1 aromatic heterocycles. The van der Waals surface area contributed by atoms with E-state index in [0.717, 1.165) is 0 Å². The van der Waals surface area contributed by atoms with Crippen molar-refractivity contribution in [3.8, 4) is 5.75 Å². The topological polar surface area (TPSA) is 71.5 Å². The summed E-state index contributed by atoms with van der Waals surface area (Å²) in [6, 6.07) is 23.7. The molecule has 0 atom stereocenters. The van der Waals surface area contributed by atoms with Crippen molar-refractivity contribution in [2.45, 2.75) is 18.7 Å². The molecule has 0 unspecified atom stereocenters. The molecule has 6 nitrogen and oxygen atoms in total. The number of nitrogens with one attached hydrogen (secondary N) is 1. The van der Waals surface area contributed by atoms with E-state index in [1.54, 1.807) is 17.5 Å². The van der Waals surface area contributed by atoms with E-state index in [-0.39, 0.29) is 24.9 Å². The minimum absolute atomic E-state index is 0.0408. The monoisotopic (exact) mass is 473 g/mol. The molecule has 1 saturated heterocycles. The number of rotatable bonds is 7. The smallest absolute Gasteiger partial charge is 0.325 e. The van der Waals surface area contributed by atoms with Gasteiger partial charge in [0.1, 0.15) is 23.2 Å². The van der Waals surface area contributed by atoms with Gasteiger partial charge in [-0.2, -0.15) is 0 Å². The van der Waals surface area contributed by atoms with Crippen molar-refractivity contribution in [2.75, 3.05) is 0 Å². The number of hydrogen-bond donors (Lipinski definition) is 1. The van der Waals surface area contributed by atoms with Gasteiger partial charge < -0.3 is 10.1 Å². The summed E-state index contributed by atoms with van der Waals surface area (Å²) in [5.41, 5.74) is 0.662. The lowest BCUT2D eigenvalue weighted by Crippen LogP contribution is -2.45. The molecule has 0 radical (unpaired) electrons. The number of imide groups is 1. The van der Waals surface area contributed by atoms with Gasteiger partial charge in [0.05, 0.1) is 12.2 Å². The fourth-order valence-corrected chi connectivity index (χ4v) is 4.68. The highest BCUT2D eigenvalue weighted by Gasteiger charge is 2.53. The van der Waals surface area contributed by atoms with E-state index in [1.165, 1.54) is 28.4 Å². The second-order valence-electron chi connectivity index (χ2n) is 7.78. The van der Waals surface area contributed by atoms with Crippen molar-refractivity contribution < 1.29 is 18.7 Å². The molecular weight excluding hydrogens is 453 g/mol. The average Bonchev–Trinajstić information content (AvgIpc) is 3.43. The summed E-state index contributed by atoms with van der Waals surface area (Å²) in [4.78, 5) is 32.5. The Morgan fingerprint density at radius 1 is 0.912 bits per heavy atom. The Hall–Kier alpha value is -4.04. The van der Waals surface area contributed by atoms with E-state index in [1.807, 2.05) is 60.7 Å². The van der Waals surface area contributed by atoms with Crippen LogP contribution in [0.5, 0.6) is 5.75 Å². The van der Waals surface area contributed by atoms with Crippen LogP contribution in [0.3, 0.4) is 0 Å². The van der Waals surface area contributed by atoms with Crippen molar-refractivity contribution in [2.24, 2.45) is 0 Å². The lowest BCUT2D eigenvalue weighted by Gasteiger charge is -2.27. The van der Waals surface area contributed by atoms with E-state index < -0.39 is 11.6 Å². The number of nitrogens with zero attached hydrogens (tertiary/aromatic N) is 2. The summed E-state index contributed by atoms with van der Waals surface area (Å²) in [6.07, 6.45) is 0. The molecule has 34 heavy (non-hydrogen) atoms. The maximum atomic E-state index is 13.8. The van der Waals surface area contributed by atoms with E-state index in [9.17, 15) is 14.0 Å². The van der Waals surface area contributed by atoms with Gasteiger partial charge in [0.15, 0.2) is 5.54 Å². The van der Waals surface area contributed by atoms with Gasteiger partial charge in [0.2, 0.25) is 0 Å². The zero-order valence-electron chi connectivity index (χ0n) is 18.0. The summed E-state index contributed by atoms with van der Waals surface area (Å²) in [7, 11) is 0. The third-order valence-electron chi connectivity index (χ3n) is 5.61. The van der Waals surface area contributed by atoms with Gasteiger partial charge in [-0.3, -0.25) is 9.69 Å². The Balaban J connectivity index is 1.37. The molecule has 3 amide bonds. The van der Waals surface area contributed by atoms with Gasteiger partial charge in [-0.05, 0) is 35.4 Å². The van der Waals surface area contributed by atoms with Crippen LogP contribution in [0.15, 0.2) is 90.3 Å². The second kappa shape index (κ2) is 9.07. The second-order valence-corrected chi connectivity index (χ2v) is 8.72. The zero-order valence-corrected chi connectivity index (χ0v) is 18.8. The van der Waals surface area contributed by atoms with Crippen molar-refractivity contribution in [1.82, 2.24) is 15.2 Å². The van der Waals surface area contributed by atoms with Crippen LogP contribution in [0.4, 0.5) is 9.18 Å². The Kier molecular flexibility index (Phi) is 5.81. The lowest BCUT2D eigenvalue weighted by atomic mass is 9.82. The molecule has 0 spiro atoms. The highest BCUT2D eigenvalue weighted by Crippen LogP contribution is 2.36. The van der Waals surface area contributed by atoms with Crippen LogP contribution in [0, 0.1) is 5.82 Å². The minimum atomic E-state index is -1.30. The predicted octanol–water partition coefficient (Wildman–Crippen LogP) is 4.86. The number of ether oxygens (including phenoxy) is 1. The first-order valence-corrected chi connectivity index (χ1v) is 11.5. The highest BCUT2D eigenvalue weighted by molar-refractivity contribution is 7.09. The van der Waals surface area contributed by atoms with Crippen LogP contribution in [-0.2, 0) is 23.5 Å². The number of benzene rings is 3. The minimum Gasteiger partial charge on any atom is -0.486 e. The molecule has 0 aliphatic carbocycles. The summed E-state index contributed by atoms with van der Waals surface area (Å²) < 4.78 is 18.7. The lowest BCUT2D eigenvalue weighted by molar-refractivity contribution is -0.130. The molecule has 5 rings (SSSR count). The van der Waals surface area contributed by atoms with Crippen LogP contribution < -0.4 is 10.1 Å². The SMILES string of the molecule is O=C1NC(c2ccccc2)(c2ccccc2)C(=O)N1Cc1csc(COc2ccc(F)cc2)n1. The Morgan fingerprint density at radius 3 is 2.15 bits per heavy atom. The fourth-order valence-electron chi connectivity index (χ4n) is 3.98. The first-order valence-electron chi connectivity index (χ1n) is 10.6. The highest BCUT2D eigenvalue weighted by atomic mass is 32.1. The molecular formula is C26H20FN3O3S. The molecule has 0 bridgehead atoms. The molecule has 1 aliphatic rings. The van der Waals surface area contributed by atoms with Crippen LogP contribution in [0.1, 0.15) is 21.8 Å². The quantitative estimate of drug-likeness (QED) is 0.389. The van der Waals surface area contributed by atoms with Gasteiger partial charge in [-0.25, -0.2) is 14.2 Å². The molecule has 3 aromatic carbocycles. The van der Waals surface area contributed by atoms with Gasteiger partial charge in [0.25, 0.3) is 5.91 Å². The number of aromatic nitrogens is 1. The maximum absolute atomic E-state index is 13.8. The first-order chi connectivity index (χ1) is 16.6. The summed E-state index contributed by atoms with van der Waals surface area (Å²) in [5, 5.41) is 5.42. The molecule has 4 aromatic rings.